The summed E-state index contributed by atoms with van der Waals surface area (Å²) < 4.78 is 0.924. The van der Waals surface area contributed by atoms with E-state index in [1.165, 1.54) is 0 Å². The Labute approximate surface area is 144 Å². The predicted molar refractivity (Wildman–Crippen MR) is 95.9 cm³/mol. The average molecular weight is 370 g/mol. The van der Waals surface area contributed by atoms with Crippen molar-refractivity contribution >= 4 is 33.2 Å². The molecule has 4 nitrogen and oxygen atoms in total. The van der Waals surface area contributed by atoms with Crippen LogP contribution < -0.4 is 10.2 Å². The molecular weight excluding hydrogens is 354 g/mol. The lowest BCUT2D eigenvalue weighted by atomic mass is 10.2. The predicted octanol–water partition coefficient (Wildman–Crippen LogP) is 4.32. The number of amides is 1. The van der Waals surface area contributed by atoms with Crippen LogP contribution in [0.15, 0.2) is 70.8 Å². The van der Waals surface area contributed by atoms with Crippen molar-refractivity contribution in [1.82, 2.24) is 0 Å². The number of halogens is 1. The second kappa shape index (κ2) is 8.16. The summed E-state index contributed by atoms with van der Waals surface area (Å²) in [5, 5.41) is 12.0. The summed E-state index contributed by atoms with van der Waals surface area (Å²) in [6, 6.07) is 18.8. The lowest BCUT2D eigenvalue weighted by molar-refractivity contribution is -0.112. The minimum Gasteiger partial charge on any atom is -0.347 e. The molecule has 2 aromatic carbocycles. The molecular formula is C18H16BrN3O. The van der Waals surface area contributed by atoms with Crippen molar-refractivity contribution in [2.75, 3.05) is 16.8 Å². The van der Waals surface area contributed by atoms with Gasteiger partial charge >= 0.3 is 0 Å². The lowest BCUT2D eigenvalue weighted by Gasteiger charge is -2.18. The van der Waals surface area contributed by atoms with Crippen LogP contribution in [0.4, 0.5) is 11.4 Å². The fourth-order valence-electron chi connectivity index (χ4n) is 1.99. The summed E-state index contributed by atoms with van der Waals surface area (Å²) in [5.41, 5.74) is 1.62. The molecule has 0 aromatic heterocycles. The van der Waals surface area contributed by atoms with Gasteiger partial charge in [0.2, 0.25) is 0 Å². The third-order valence-corrected chi connectivity index (χ3v) is 3.71. The quantitative estimate of drug-likeness (QED) is 0.630. The fraction of sp³-hybridized carbons (Fsp3) is 0.111. The Hall–Kier alpha value is -2.58. The maximum absolute atomic E-state index is 12.3. The van der Waals surface area contributed by atoms with E-state index in [1.807, 2.05) is 60.4 Å². The summed E-state index contributed by atoms with van der Waals surface area (Å²) in [5.74, 6) is -0.427. The summed E-state index contributed by atoms with van der Waals surface area (Å²) >= 11 is 3.34. The molecule has 0 radical (unpaired) electrons. The van der Waals surface area contributed by atoms with E-state index in [2.05, 4.69) is 21.2 Å². The molecule has 1 N–H and O–H groups in total. The first-order chi connectivity index (χ1) is 11.1. The first-order valence-corrected chi connectivity index (χ1v) is 7.94. The molecule has 2 aromatic rings. The van der Waals surface area contributed by atoms with Crippen LogP contribution in [0.2, 0.25) is 0 Å². The molecule has 0 aliphatic heterocycles. The van der Waals surface area contributed by atoms with Gasteiger partial charge in [0.15, 0.2) is 0 Å². The van der Waals surface area contributed by atoms with Crippen molar-refractivity contribution in [1.29, 1.82) is 5.26 Å². The zero-order valence-electron chi connectivity index (χ0n) is 12.7. The number of hydrogen-bond donors (Lipinski definition) is 1. The molecule has 1 amide bonds. The molecule has 0 atom stereocenters. The summed E-state index contributed by atoms with van der Waals surface area (Å²) in [7, 11) is 0. The van der Waals surface area contributed by atoms with Gasteiger partial charge in [0.05, 0.1) is 0 Å². The highest BCUT2D eigenvalue weighted by Gasteiger charge is 2.12. The van der Waals surface area contributed by atoms with Crippen LogP contribution in [-0.2, 0) is 4.79 Å². The fourth-order valence-corrected chi connectivity index (χ4v) is 2.26. The number of nitriles is 1. The minimum atomic E-state index is -0.427. The Balaban J connectivity index is 2.18. The van der Waals surface area contributed by atoms with Crippen LogP contribution in [0.1, 0.15) is 6.92 Å². The standard InChI is InChI=1S/C18H16BrN3O/c1-2-22(17-6-4-3-5-7-17)13-14(12-20)18(23)21-16-10-8-15(19)9-11-16/h3-11,13H,2H2,1H3,(H,21,23)/b14-13-. The largest absolute Gasteiger partial charge is 0.347 e. The van der Waals surface area contributed by atoms with Crippen molar-refractivity contribution in [3.63, 3.8) is 0 Å². The Kier molecular flexibility index (Phi) is 5.95. The van der Waals surface area contributed by atoms with E-state index in [4.69, 9.17) is 0 Å². The van der Waals surface area contributed by atoms with Crippen LogP contribution in [0.5, 0.6) is 0 Å². The summed E-state index contributed by atoms with van der Waals surface area (Å²) in [6.07, 6.45) is 1.57. The molecule has 0 bridgehead atoms. The molecule has 5 heteroatoms. The molecule has 0 saturated heterocycles. The van der Waals surface area contributed by atoms with E-state index in [0.29, 0.717) is 12.2 Å². The number of hydrogen-bond acceptors (Lipinski definition) is 3. The normalized spacial score (nSPS) is 10.7. The topological polar surface area (TPSA) is 56.1 Å². The van der Waals surface area contributed by atoms with Gasteiger partial charge in [-0.15, -0.1) is 0 Å². The van der Waals surface area contributed by atoms with Gasteiger partial charge in [0.1, 0.15) is 11.6 Å². The molecule has 0 fully saturated rings. The van der Waals surface area contributed by atoms with Gasteiger partial charge in [-0.3, -0.25) is 4.79 Å². The first kappa shape index (κ1) is 16.8. The smallest absolute Gasteiger partial charge is 0.267 e. The van der Waals surface area contributed by atoms with Gasteiger partial charge in [0.25, 0.3) is 5.91 Å². The number of carbonyl (C=O) groups is 1. The zero-order valence-corrected chi connectivity index (χ0v) is 14.2. The second-order valence-corrected chi connectivity index (χ2v) is 5.65. The highest BCUT2D eigenvalue weighted by atomic mass is 79.9. The number of carbonyl (C=O) groups excluding carboxylic acids is 1. The van der Waals surface area contributed by atoms with Gasteiger partial charge in [-0.1, -0.05) is 34.1 Å². The van der Waals surface area contributed by atoms with Crippen LogP contribution in [-0.4, -0.2) is 12.5 Å². The van der Waals surface area contributed by atoms with E-state index < -0.39 is 5.91 Å². The van der Waals surface area contributed by atoms with Gasteiger partial charge in [-0.05, 0) is 43.3 Å². The Morgan fingerprint density at radius 1 is 1.22 bits per heavy atom. The van der Waals surface area contributed by atoms with Gasteiger partial charge in [-0.2, -0.15) is 5.26 Å². The highest BCUT2D eigenvalue weighted by Crippen LogP contribution is 2.17. The molecule has 0 spiro atoms. The van der Waals surface area contributed by atoms with Crippen molar-refractivity contribution in [3.05, 3.63) is 70.8 Å². The molecule has 0 saturated carbocycles. The summed E-state index contributed by atoms with van der Waals surface area (Å²) in [4.78, 5) is 14.1. The Bertz CT molecular complexity index is 733. The van der Waals surface area contributed by atoms with E-state index in [1.54, 1.807) is 18.3 Å². The van der Waals surface area contributed by atoms with E-state index in [-0.39, 0.29) is 5.57 Å². The van der Waals surface area contributed by atoms with Crippen LogP contribution in [0.25, 0.3) is 0 Å². The molecule has 0 heterocycles. The Morgan fingerprint density at radius 2 is 1.87 bits per heavy atom. The number of rotatable bonds is 5. The monoisotopic (exact) mass is 369 g/mol. The van der Waals surface area contributed by atoms with Crippen LogP contribution >= 0.6 is 15.9 Å². The van der Waals surface area contributed by atoms with Crippen molar-refractivity contribution < 1.29 is 4.79 Å². The summed E-state index contributed by atoms with van der Waals surface area (Å²) in [6.45, 7) is 2.62. The van der Waals surface area contributed by atoms with Gasteiger partial charge in [-0.25, -0.2) is 0 Å². The number of nitrogens with one attached hydrogen (secondary N) is 1. The van der Waals surface area contributed by atoms with Crippen molar-refractivity contribution in [3.8, 4) is 6.07 Å². The molecule has 116 valence electrons. The molecule has 0 unspecified atom stereocenters. The van der Waals surface area contributed by atoms with Gasteiger partial charge in [0, 0.05) is 28.6 Å². The number of anilines is 2. The van der Waals surface area contributed by atoms with E-state index in [0.717, 1.165) is 10.2 Å². The van der Waals surface area contributed by atoms with E-state index >= 15 is 0 Å². The first-order valence-electron chi connectivity index (χ1n) is 7.14. The maximum Gasteiger partial charge on any atom is 0.267 e. The maximum atomic E-state index is 12.3. The van der Waals surface area contributed by atoms with Crippen molar-refractivity contribution in [2.45, 2.75) is 6.92 Å². The number of nitrogens with zero attached hydrogens (tertiary/aromatic N) is 2. The molecule has 2 rings (SSSR count). The number of para-hydroxylation sites is 1. The highest BCUT2D eigenvalue weighted by molar-refractivity contribution is 9.10. The SMILES string of the molecule is CCN(/C=C(/C#N)C(=O)Nc1ccc(Br)cc1)c1ccccc1. The third-order valence-electron chi connectivity index (χ3n) is 3.18. The van der Waals surface area contributed by atoms with Crippen molar-refractivity contribution in [2.24, 2.45) is 0 Å². The van der Waals surface area contributed by atoms with Crippen LogP contribution in [0.3, 0.4) is 0 Å². The molecule has 0 aliphatic carbocycles. The molecule has 23 heavy (non-hydrogen) atoms. The Morgan fingerprint density at radius 3 is 2.43 bits per heavy atom. The van der Waals surface area contributed by atoms with E-state index in [9.17, 15) is 10.1 Å². The third kappa shape index (κ3) is 4.70. The lowest BCUT2D eigenvalue weighted by Crippen LogP contribution is -2.20. The average Bonchev–Trinajstić information content (AvgIpc) is 2.58. The zero-order chi connectivity index (χ0) is 16.7. The number of benzene rings is 2. The minimum absolute atomic E-state index is 0.0543. The second-order valence-electron chi connectivity index (χ2n) is 4.74. The molecule has 0 aliphatic rings. The van der Waals surface area contributed by atoms with Gasteiger partial charge < -0.3 is 10.2 Å². The van der Waals surface area contributed by atoms with Crippen LogP contribution in [0, 0.1) is 11.3 Å².